The monoisotopic (exact) mass is 183 g/mol. The molecule has 0 radical (unpaired) electrons. The topological polar surface area (TPSA) is 29.5 Å². The van der Waals surface area contributed by atoms with Crippen LogP contribution in [0.25, 0.3) is 0 Å². The minimum absolute atomic E-state index is 0.294. The molecule has 2 rings (SSSR count). The Kier molecular flexibility index (Phi) is 2.39. The van der Waals surface area contributed by atoms with Gasteiger partial charge in [-0.05, 0) is 19.8 Å². The van der Waals surface area contributed by atoms with E-state index in [-0.39, 0.29) is 0 Å². The molecule has 1 spiro atoms. The number of ketones is 1. The molecule has 0 aromatic heterocycles. The molecule has 1 heterocycles. The molecule has 1 aliphatic carbocycles. The van der Waals surface area contributed by atoms with E-state index in [1.807, 2.05) is 0 Å². The van der Waals surface area contributed by atoms with Gasteiger partial charge in [0.15, 0.2) is 0 Å². The van der Waals surface area contributed by atoms with Gasteiger partial charge in [-0.2, -0.15) is 0 Å². The second kappa shape index (κ2) is 3.39. The predicted octanol–water partition coefficient (Wildman–Crippen LogP) is 0.830. The SMILES string of the molecule is CC(=O)CCN1CCOCC12CC2. The zero-order valence-electron chi connectivity index (χ0n) is 8.21. The largest absolute Gasteiger partial charge is 0.378 e. The summed E-state index contributed by atoms with van der Waals surface area (Å²) in [6, 6.07) is 0. The lowest BCUT2D eigenvalue weighted by Crippen LogP contribution is -2.48. The van der Waals surface area contributed by atoms with Crippen LogP contribution in [0.5, 0.6) is 0 Å². The molecular formula is C10H17NO2. The van der Waals surface area contributed by atoms with Crippen LogP contribution < -0.4 is 0 Å². The van der Waals surface area contributed by atoms with Crippen molar-refractivity contribution in [2.24, 2.45) is 0 Å². The van der Waals surface area contributed by atoms with E-state index in [4.69, 9.17) is 4.74 Å². The first-order valence-electron chi connectivity index (χ1n) is 5.05. The van der Waals surface area contributed by atoms with Crippen LogP contribution in [0.15, 0.2) is 0 Å². The average Bonchev–Trinajstić information content (AvgIpc) is 2.84. The van der Waals surface area contributed by atoms with Crippen LogP contribution >= 0.6 is 0 Å². The smallest absolute Gasteiger partial charge is 0.131 e. The van der Waals surface area contributed by atoms with Crippen LogP contribution in [0, 0.1) is 0 Å². The van der Waals surface area contributed by atoms with E-state index in [0.29, 0.717) is 17.7 Å². The molecule has 0 N–H and O–H groups in total. The number of hydrogen-bond acceptors (Lipinski definition) is 3. The Hall–Kier alpha value is -0.410. The zero-order valence-corrected chi connectivity index (χ0v) is 8.21. The Morgan fingerprint density at radius 1 is 1.54 bits per heavy atom. The zero-order chi connectivity index (χ0) is 9.31. The maximum Gasteiger partial charge on any atom is 0.131 e. The average molecular weight is 183 g/mol. The lowest BCUT2D eigenvalue weighted by Gasteiger charge is -2.35. The van der Waals surface area contributed by atoms with Crippen molar-refractivity contribution in [2.75, 3.05) is 26.3 Å². The van der Waals surface area contributed by atoms with Crippen LogP contribution in [-0.4, -0.2) is 42.5 Å². The highest BCUT2D eigenvalue weighted by molar-refractivity contribution is 5.75. The third-order valence-electron chi connectivity index (χ3n) is 3.11. The van der Waals surface area contributed by atoms with Crippen LogP contribution in [0.2, 0.25) is 0 Å². The molecule has 0 bridgehead atoms. The number of morpholine rings is 1. The van der Waals surface area contributed by atoms with E-state index < -0.39 is 0 Å². The predicted molar refractivity (Wildman–Crippen MR) is 49.7 cm³/mol. The molecule has 3 heteroatoms. The maximum absolute atomic E-state index is 10.9. The summed E-state index contributed by atoms with van der Waals surface area (Å²) < 4.78 is 5.46. The van der Waals surface area contributed by atoms with Gasteiger partial charge < -0.3 is 4.74 Å². The molecule has 3 nitrogen and oxygen atoms in total. The van der Waals surface area contributed by atoms with E-state index in [1.165, 1.54) is 12.8 Å². The summed E-state index contributed by atoms with van der Waals surface area (Å²) >= 11 is 0. The summed E-state index contributed by atoms with van der Waals surface area (Å²) in [6.07, 6.45) is 3.21. The molecule has 1 saturated heterocycles. The fraction of sp³-hybridized carbons (Fsp3) is 0.900. The van der Waals surface area contributed by atoms with E-state index in [2.05, 4.69) is 4.90 Å². The van der Waals surface area contributed by atoms with Gasteiger partial charge in [-0.1, -0.05) is 0 Å². The van der Waals surface area contributed by atoms with Crippen molar-refractivity contribution in [3.05, 3.63) is 0 Å². The quantitative estimate of drug-likeness (QED) is 0.649. The van der Waals surface area contributed by atoms with Gasteiger partial charge >= 0.3 is 0 Å². The molecule has 13 heavy (non-hydrogen) atoms. The van der Waals surface area contributed by atoms with Crippen molar-refractivity contribution in [1.82, 2.24) is 4.90 Å². The molecule has 0 aromatic carbocycles. The van der Waals surface area contributed by atoms with Crippen LogP contribution in [-0.2, 0) is 9.53 Å². The van der Waals surface area contributed by atoms with E-state index >= 15 is 0 Å². The van der Waals surface area contributed by atoms with Crippen molar-refractivity contribution in [2.45, 2.75) is 31.7 Å². The first kappa shape index (κ1) is 9.16. The number of nitrogens with zero attached hydrogens (tertiary/aromatic N) is 1. The number of ether oxygens (including phenoxy) is 1. The second-order valence-corrected chi connectivity index (χ2v) is 4.22. The van der Waals surface area contributed by atoms with Gasteiger partial charge in [0.2, 0.25) is 0 Å². The van der Waals surface area contributed by atoms with Gasteiger partial charge in [0.1, 0.15) is 5.78 Å². The van der Waals surface area contributed by atoms with Gasteiger partial charge in [-0.15, -0.1) is 0 Å². The maximum atomic E-state index is 10.9. The summed E-state index contributed by atoms with van der Waals surface area (Å²) in [6.45, 7) is 5.32. The summed E-state index contributed by atoms with van der Waals surface area (Å²) in [7, 11) is 0. The third-order valence-corrected chi connectivity index (χ3v) is 3.11. The van der Waals surface area contributed by atoms with Gasteiger partial charge in [0, 0.05) is 25.0 Å². The minimum atomic E-state index is 0.294. The van der Waals surface area contributed by atoms with Gasteiger partial charge in [-0.25, -0.2) is 0 Å². The summed E-state index contributed by atoms with van der Waals surface area (Å²) in [5.74, 6) is 0.294. The molecule has 0 aromatic rings. The Labute approximate surface area is 79.0 Å². The van der Waals surface area contributed by atoms with Gasteiger partial charge in [0.05, 0.1) is 13.2 Å². The molecule has 0 atom stereocenters. The van der Waals surface area contributed by atoms with E-state index in [9.17, 15) is 4.79 Å². The second-order valence-electron chi connectivity index (χ2n) is 4.22. The third kappa shape index (κ3) is 1.92. The standard InChI is InChI=1S/C10H17NO2/c1-9(12)2-5-11-6-7-13-8-10(11)3-4-10/h2-8H2,1H3. The highest BCUT2D eigenvalue weighted by atomic mass is 16.5. The van der Waals surface area contributed by atoms with E-state index in [0.717, 1.165) is 26.3 Å². The Morgan fingerprint density at radius 3 is 2.92 bits per heavy atom. The molecule has 2 aliphatic rings. The number of Topliss-reactive ketones (excluding diaryl/α,β-unsaturated/α-hetero) is 1. The molecule has 0 unspecified atom stereocenters. The molecule has 2 fully saturated rings. The first-order valence-corrected chi connectivity index (χ1v) is 5.05. The molecule has 74 valence electrons. The van der Waals surface area contributed by atoms with Crippen molar-refractivity contribution in [3.63, 3.8) is 0 Å². The first-order chi connectivity index (χ1) is 6.23. The van der Waals surface area contributed by atoms with Crippen molar-refractivity contribution >= 4 is 5.78 Å². The lowest BCUT2D eigenvalue weighted by atomic mass is 10.2. The Balaban J connectivity index is 1.85. The fourth-order valence-electron chi connectivity index (χ4n) is 2.01. The molecular weight excluding hydrogens is 166 g/mol. The van der Waals surface area contributed by atoms with Gasteiger partial charge in [-0.3, -0.25) is 9.69 Å². The summed E-state index contributed by atoms with van der Waals surface area (Å²) in [5, 5.41) is 0. The minimum Gasteiger partial charge on any atom is -0.378 e. The molecule has 0 amide bonds. The number of rotatable bonds is 3. The highest BCUT2D eigenvalue weighted by Gasteiger charge is 2.49. The highest BCUT2D eigenvalue weighted by Crippen LogP contribution is 2.43. The van der Waals surface area contributed by atoms with Crippen molar-refractivity contribution in [1.29, 1.82) is 0 Å². The van der Waals surface area contributed by atoms with Crippen LogP contribution in [0.1, 0.15) is 26.2 Å². The van der Waals surface area contributed by atoms with Crippen LogP contribution in [0.3, 0.4) is 0 Å². The Morgan fingerprint density at radius 2 is 2.31 bits per heavy atom. The van der Waals surface area contributed by atoms with E-state index in [1.54, 1.807) is 6.92 Å². The summed E-state index contributed by atoms with van der Waals surface area (Å²) in [5.41, 5.74) is 0.341. The van der Waals surface area contributed by atoms with Crippen molar-refractivity contribution in [3.8, 4) is 0 Å². The normalized spacial score (nSPS) is 26.2. The fourth-order valence-corrected chi connectivity index (χ4v) is 2.01. The lowest BCUT2D eigenvalue weighted by molar-refractivity contribution is -0.118. The number of carbonyl (C=O) groups is 1. The van der Waals surface area contributed by atoms with Crippen molar-refractivity contribution < 1.29 is 9.53 Å². The number of carbonyl (C=O) groups excluding carboxylic acids is 1. The molecule has 1 saturated carbocycles. The Bertz CT molecular complexity index is 211. The molecule has 1 aliphatic heterocycles. The summed E-state index contributed by atoms with van der Waals surface area (Å²) in [4.78, 5) is 13.3. The van der Waals surface area contributed by atoms with Crippen LogP contribution in [0.4, 0.5) is 0 Å². The number of hydrogen-bond donors (Lipinski definition) is 0. The van der Waals surface area contributed by atoms with Gasteiger partial charge in [0.25, 0.3) is 0 Å².